The maximum Gasteiger partial charge on any atom is 0.248 e. The first-order chi connectivity index (χ1) is 7.66. The topological polar surface area (TPSA) is 32.3 Å². The Morgan fingerprint density at radius 3 is 2.62 bits per heavy atom. The molecule has 0 bridgehead atoms. The average Bonchev–Trinajstić information content (AvgIpc) is 2.59. The molecule has 0 unspecified atom stereocenters. The molecule has 0 spiro atoms. The zero-order chi connectivity index (χ0) is 11.5. The van der Waals surface area contributed by atoms with Crippen LogP contribution in [0, 0.1) is 5.82 Å². The Kier molecular flexibility index (Phi) is 3.14. The van der Waals surface area contributed by atoms with Crippen molar-refractivity contribution < 1.29 is 9.18 Å². The maximum atomic E-state index is 12.7. The summed E-state index contributed by atoms with van der Waals surface area (Å²) in [6.07, 6.45) is 0.674. The van der Waals surface area contributed by atoms with Crippen LogP contribution in [-0.4, -0.2) is 29.0 Å². The molecule has 1 aromatic rings. The number of hydrogen-bond acceptors (Lipinski definition) is 2. The molecule has 1 fully saturated rings. The number of benzene rings is 1. The lowest BCUT2D eigenvalue weighted by atomic mass is 10.1. The van der Waals surface area contributed by atoms with Crippen molar-refractivity contribution in [1.29, 1.82) is 0 Å². The first kappa shape index (κ1) is 11.0. The standard InChI is InChI=1S/C11H11FN2OS/c12-9-3-1-8(2-4-9)5-6-14-10(15)7-13-11(14)16/h1-4H,5-7H2,(H,13,16). The molecule has 16 heavy (non-hydrogen) atoms. The van der Waals surface area contributed by atoms with E-state index in [0.717, 1.165) is 5.56 Å². The van der Waals surface area contributed by atoms with Crippen LogP contribution in [0.15, 0.2) is 24.3 Å². The quantitative estimate of drug-likeness (QED) is 0.800. The predicted octanol–water partition coefficient (Wildman–Crippen LogP) is 1.08. The number of carbonyl (C=O) groups excluding carboxylic acids is 1. The number of thiocarbonyl (C=S) groups is 1. The second kappa shape index (κ2) is 4.57. The Hall–Kier alpha value is -1.49. The Morgan fingerprint density at radius 2 is 2.06 bits per heavy atom. The van der Waals surface area contributed by atoms with Gasteiger partial charge in [-0.05, 0) is 36.3 Å². The van der Waals surface area contributed by atoms with E-state index in [1.165, 1.54) is 12.1 Å². The van der Waals surface area contributed by atoms with Crippen molar-refractivity contribution in [1.82, 2.24) is 10.2 Å². The molecule has 5 heteroatoms. The number of halogens is 1. The molecule has 2 rings (SSSR count). The number of rotatable bonds is 3. The van der Waals surface area contributed by atoms with Gasteiger partial charge in [0.25, 0.3) is 0 Å². The third-order valence-electron chi connectivity index (χ3n) is 2.47. The number of hydrogen-bond donors (Lipinski definition) is 1. The highest BCUT2D eigenvalue weighted by Crippen LogP contribution is 2.06. The minimum atomic E-state index is -0.252. The third kappa shape index (κ3) is 2.36. The zero-order valence-electron chi connectivity index (χ0n) is 8.57. The molecule has 1 heterocycles. The van der Waals surface area contributed by atoms with Gasteiger partial charge in [0.05, 0.1) is 6.54 Å². The van der Waals surface area contributed by atoms with E-state index in [1.807, 2.05) is 0 Å². The predicted molar refractivity (Wildman–Crippen MR) is 62.4 cm³/mol. The maximum absolute atomic E-state index is 12.7. The first-order valence-electron chi connectivity index (χ1n) is 4.99. The van der Waals surface area contributed by atoms with Gasteiger partial charge in [-0.25, -0.2) is 4.39 Å². The van der Waals surface area contributed by atoms with Gasteiger partial charge in [-0.15, -0.1) is 0 Å². The van der Waals surface area contributed by atoms with Gasteiger partial charge in [0.2, 0.25) is 5.91 Å². The summed E-state index contributed by atoms with van der Waals surface area (Å²) < 4.78 is 12.7. The number of carbonyl (C=O) groups is 1. The lowest BCUT2D eigenvalue weighted by Gasteiger charge is -2.14. The summed E-state index contributed by atoms with van der Waals surface area (Å²) in [4.78, 5) is 12.9. The smallest absolute Gasteiger partial charge is 0.248 e. The second-order valence-electron chi connectivity index (χ2n) is 3.58. The van der Waals surface area contributed by atoms with Crippen LogP contribution in [-0.2, 0) is 11.2 Å². The van der Waals surface area contributed by atoms with E-state index in [0.29, 0.717) is 18.1 Å². The van der Waals surface area contributed by atoms with E-state index in [-0.39, 0.29) is 18.3 Å². The summed E-state index contributed by atoms with van der Waals surface area (Å²) in [5.41, 5.74) is 0.990. The van der Waals surface area contributed by atoms with E-state index < -0.39 is 0 Å². The van der Waals surface area contributed by atoms with Gasteiger partial charge in [0.1, 0.15) is 5.82 Å². The van der Waals surface area contributed by atoms with Gasteiger partial charge in [-0.3, -0.25) is 9.69 Å². The molecule has 0 aliphatic carbocycles. The highest BCUT2D eigenvalue weighted by molar-refractivity contribution is 7.80. The zero-order valence-corrected chi connectivity index (χ0v) is 9.39. The number of nitrogens with one attached hydrogen (secondary N) is 1. The molecule has 0 radical (unpaired) electrons. The van der Waals surface area contributed by atoms with Crippen molar-refractivity contribution in [3.05, 3.63) is 35.6 Å². The summed E-state index contributed by atoms with van der Waals surface area (Å²) in [5.74, 6) is -0.259. The van der Waals surface area contributed by atoms with Gasteiger partial charge in [0.15, 0.2) is 5.11 Å². The molecule has 1 amide bonds. The van der Waals surface area contributed by atoms with Gasteiger partial charge in [0, 0.05) is 6.54 Å². The second-order valence-corrected chi connectivity index (χ2v) is 3.97. The van der Waals surface area contributed by atoms with Crippen molar-refractivity contribution in [3.8, 4) is 0 Å². The summed E-state index contributed by atoms with van der Waals surface area (Å²) in [7, 11) is 0. The number of nitrogens with zero attached hydrogens (tertiary/aromatic N) is 1. The SMILES string of the molecule is O=C1CNC(=S)N1CCc1ccc(F)cc1. The molecular formula is C11H11FN2OS. The van der Waals surface area contributed by atoms with Crippen molar-refractivity contribution in [2.45, 2.75) is 6.42 Å². The molecule has 0 saturated carbocycles. The lowest BCUT2D eigenvalue weighted by molar-refractivity contribution is -0.124. The Labute approximate surface area is 98.2 Å². The fourth-order valence-electron chi connectivity index (χ4n) is 1.57. The van der Waals surface area contributed by atoms with E-state index >= 15 is 0 Å². The van der Waals surface area contributed by atoms with Crippen LogP contribution in [0.2, 0.25) is 0 Å². The molecule has 1 saturated heterocycles. The van der Waals surface area contributed by atoms with Crippen molar-refractivity contribution in [2.75, 3.05) is 13.1 Å². The molecule has 1 aliphatic heterocycles. The largest absolute Gasteiger partial charge is 0.353 e. The Balaban J connectivity index is 1.94. The van der Waals surface area contributed by atoms with Crippen molar-refractivity contribution >= 4 is 23.2 Å². The van der Waals surface area contributed by atoms with Crippen LogP contribution in [0.4, 0.5) is 4.39 Å². The highest BCUT2D eigenvalue weighted by Gasteiger charge is 2.24. The van der Waals surface area contributed by atoms with Gasteiger partial charge >= 0.3 is 0 Å². The van der Waals surface area contributed by atoms with E-state index in [4.69, 9.17) is 12.2 Å². The monoisotopic (exact) mass is 238 g/mol. The van der Waals surface area contributed by atoms with Crippen LogP contribution in [0.25, 0.3) is 0 Å². The van der Waals surface area contributed by atoms with Gasteiger partial charge in [-0.1, -0.05) is 12.1 Å². The van der Waals surface area contributed by atoms with Crippen molar-refractivity contribution in [3.63, 3.8) is 0 Å². The molecule has 1 aromatic carbocycles. The molecular weight excluding hydrogens is 227 g/mol. The molecule has 3 nitrogen and oxygen atoms in total. The fourth-order valence-corrected chi connectivity index (χ4v) is 1.84. The van der Waals surface area contributed by atoms with E-state index in [9.17, 15) is 9.18 Å². The molecule has 1 aliphatic rings. The molecule has 0 atom stereocenters. The molecule has 84 valence electrons. The van der Waals surface area contributed by atoms with Crippen LogP contribution >= 0.6 is 12.2 Å². The average molecular weight is 238 g/mol. The Morgan fingerprint density at radius 1 is 1.38 bits per heavy atom. The third-order valence-corrected chi connectivity index (χ3v) is 2.84. The van der Waals surface area contributed by atoms with Crippen LogP contribution in [0.3, 0.4) is 0 Å². The first-order valence-corrected chi connectivity index (χ1v) is 5.40. The minimum absolute atomic E-state index is 0.00730. The van der Waals surface area contributed by atoms with E-state index in [1.54, 1.807) is 17.0 Å². The highest BCUT2D eigenvalue weighted by atomic mass is 32.1. The summed E-state index contributed by atoms with van der Waals surface area (Å²) in [5, 5.41) is 3.29. The number of amides is 1. The summed E-state index contributed by atoms with van der Waals surface area (Å²) >= 11 is 4.99. The minimum Gasteiger partial charge on any atom is -0.353 e. The fraction of sp³-hybridized carbons (Fsp3) is 0.273. The van der Waals surface area contributed by atoms with Crippen molar-refractivity contribution in [2.24, 2.45) is 0 Å². The lowest BCUT2D eigenvalue weighted by Crippen LogP contribution is -2.32. The van der Waals surface area contributed by atoms with Crippen LogP contribution < -0.4 is 5.32 Å². The summed E-state index contributed by atoms with van der Waals surface area (Å²) in [6.45, 7) is 0.818. The Bertz CT molecular complexity index is 402. The van der Waals surface area contributed by atoms with E-state index in [2.05, 4.69) is 5.32 Å². The normalized spacial score (nSPS) is 15.4. The molecule has 1 N–H and O–H groups in total. The van der Waals surface area contributed by atoms with Gasteiger partial charge in [-0.2, -0.15) is 0 Å². The van der Waals surface area contributed by atoms with Gasteiger partial charge < -0.3 is 5.32 Å². The summed E-state index contributed by atoms with van der Waals surface area (Å²) in [6, 6.07) is 6.26. The van der Waals surface area contributed by atoms with Crippen LogP contribution in [0.1, 0.15) is 5.56 Å². The van der Waals surface area contributed by atoms with Crippen LogP contribution in [0.5, 0.6) is 0 Å². The molecule has 0 aromatic heterocycles.